The van der Waals surface area contributed by atoms with Crippen LogP contribution in [0.4, 0.5) is 0 Å². The monoisotopic (exact) mass is 151 g/mol. The van der Waals surface area contributed by atoms with Gasteiger partial charge < -0.3 is 5.32 Å². The second-order valence-electron chi connectivity index (χ2n) is 4.55. The normalized spacial score (nSPS) is 35.5. The molecule has 0 unspecified atom stereocenters. The molecule has 0 atom stereocenters. The Morgan fingerprint density at radius 2 is 1.91 bits per heavy atom. The van der Waals surface area contributed by atoms with Crippen LogP contribution in [0, 0.1) is 5.41 Å². The van der Waals surface area contributed by atoms with E-state index in [4.69, 9.17) is 0 Å². The van der Waals surface area contributed by atoms with Crippen LogP contribution in [-0.2, 0) is 4.79 Å². The summed E-state index contributed by atoms with van der Waals surface area (Å²) in [6, 6.07) is 0. The Kier molecular flexibility index (Phi) is 0.809. The van der Waals surface area contributed by atoms with E-state index in [-0.39, 0.29) is 5.41 Å². The molecule has 0 aromatic heterocycles. The number of hydrogen-bond acceptors (Lipinski definition) is 1. The minimum absolute atomic E-state index is 0.122. The van der Waals surface area contributed by atoms with Crippen LogP contribution < -0.4 is 5.32 Å². The van der Waals surface area contributed by atoms with E-state index >= 15 is 0 Å². The number of carbonyl (C=O) groups is 1. The largest absolute Gasteiger partial charge is 0.350 e. The molecule has 2 aliphatic carbocycles. The van der Waals surface area contributed by atoms with Crippen molar-refractivity contribution in [1.82, 2.24) is 5.32 Å². The maximum absolute atomic E-state index is 11.5. The van der Waals surface area contributed by atoms with Crippen LogP contribution in [-0.4, -0.2) is 11.4 Å². The maximum atomic E-state index is 11.5. The molecule has 1 N–H and O–H groups in total. The molecule has 2 spiro atoms. The van der Waals surface area contributed by atoms with Gasteiger partial charge in [-0.05, 0) is 32.1 Å². The third-order valence-corrected chi connectivity index (χ3v) is 3.70. The Hall–Kier alpha value is -0.530. The zero-order chi connectivity index (χ0) is 7.53. The van der Waals surface area contributed by atoms with Crippen molar-refractivity contribution in [2.24, 2.45) is 5.41 Å². The minimum atomic E-state index is 0.122. The highest BCUT2D eigenvalue weighted by Gasteiger charge is 2.61. The number of carbonyl (C=O) groups excluding carboxylic acids is 1. The highest BCUT2D eigenvalue weighted by atomic mass is 16.2. The highest BCUT2D eigenvalue weighted by Crippen LogP contribution is 2.57. The number of amides is 1. The van der Waals surface area contributed by atoms with Gasteiger partial charge in [-0.15, -0.1) is 0 Å². The number of nitrogens with one attached hydrogen (secondary N) is 1. The molecular formula is C9H13NO. The van der Waals surface area contributed by atoms with Crippen molar-refractivity contribution in [2.45, 2.75) is 44.1 Å². The first kappa shape index (κ1) is 6.04. The van der Waals surface area contributed by atoms with E-state index in [2.05, 4.69) is 5.32 Å². The van der Waals surface area contributed by atoms with Crippen molar-refractivity contribution in [3.8, 4) is 0 Å². The van der Waals surface area contributed by atoms with Gasteiger partial charge >= 0.3 is 0 Å². The molecule has 60 valence electrons. The zero-order valence-corrected chi connectivity index (χ0v) is 6.65. The molecule has 2 heteroatoms. The van der Waals surface area contributed by atoms with Crippen molar-refractivity contribution >= 4 is 5.91 Å². The second kappa shape index (κ2) is 1.47. The number of hydrogen-bond donors (Lipinski definition) is 1. The van der Waals surface area contributed by atoms with E-state index in [1.807, 2.05) is 0 Å². The molecule has 1 aliphatic heterocycles. The Labute approximate surface area is 66.4 Å². The van der Waals surface area contributed by atoms with Crippen LogP contribution in [0.3, 0.4) is 0 Å². The Bertz CT molecular complexity index is 226. The molecule has 1 saturated heterocycles. The molecule has 3 rings (SSSR count). The minimum Gasteiger partial charge on any atom is -0.350 e. The molecule has 0 bridgehead atoms. The Morgan fingerprint density at radius 1 is 1.18 bits per heavy atom. The van der Waals surface area contributed by atoms with Crippen LogP contribution in [0.1, 0.15) is 38.5 Å². The van der Waals surface area contributed by atoms with Crippen molar-refractivity contribution < 1.29 is 4.79 Å². The van der Waals surface area contributed by atoms with Crippen molar-refractivity contribution in [1.29, 1.82) is 0 Å². The fraction of sp³-hybridized carbons (Fsp3) is 0.889. The third kappa shape index (κ3) is 0.608. The van der Waals surface area contributed by atoms with Gasteiger partial charge in [0.25, 0.3) is 0 Å². The van der Waals surface area contributed by atoms with Gasteiger partial charge in [-0.25, -0.2) is 0 Å². The standard InChI is InChI=1S/C9H13NO/c11-7-8(2-1-3-8)6-9(10-7)4-5-9/h1-6H2,(H,10,11). The lowest BCUT2D eigenvalue weighted by molar-refractivity contribution is -0.131. The first-order valence-electron chi connectivity index (χ1n) is 4.58. The van der Waals surface area contributed by atoms with Gasteiger partial charge in [-0.1, -0.05) is 6.42 Å². The quantitative estimate of drug-likeness (QED) is 0.554. The highest BCUT2D eigenvalue weighted by molar-refractivity contribution is 5.87. The fourth-order valence-corrected chi connectivity index (χ4v) is 2.61. The lowest BCUT2D eigenvalue weighted by Crippen LogP contribution is -2.37. The molecule has 3 aliphatic rings. The summed E-state index contributed by atoms with van der Waals surface area (Å²) in [6.07, 6.45) is 7.20. The molecule has 2 nitrogen and oxygen atoms in total. The molecular weight excluding hydrogens is 138 g/mol. The summed E-state index contributed by atoms with van der Waals surface area (Å²) in [4.78, 5) is 11.5. The van der Waals surface area contributed by atoms with Gasteiger partial charge in [-0.3, -0.25) is 4.79 Å². The van der Waals surface area contributed by atoms with Gasteiger partial charge in [0, 0.05) is 5.54 Å². The van der Waals surface area contributed by atoms with Crippen molar-refractivity contribution in [2.75, 3.05) is 0 Å². The molecule has 0 radical (unpaired) electrons. The van der Waals surface area contributed by atoms with Crippen LogP contribution >= 0.6 is 0 Å². The van der Waals surface area contributed by atoms with Crippen LogP contribution in [0.5, 0.6) is 0 Å². The van der Waals surface area contributed by atoms with E-state index in [0.717, 1.165) is 19.3 Å². The molecule has 0 aromatic carbocycles. The average Bonchev–Trinajstić information content (AvgIpc) is 2.51. The van der Waals surface area contributed by atoms with E-state index in [9.17, 15) is 4.79 Å². The molecule has 0 aromatic rings. The summed E-state index contributed by atoms with van der Waals surface area (Å²) >= 11 is 0. The maximum Gasteiger partial charge on any atom is 0.226 e. The summed E-state index contributed by atoms with van der Waals surface area (Å²) in [5.41, 5.74) is 0.425. The van der Waals surface area contributed by atoms with Gasteiger partial charge in [0.2, 0.25) is 5.91 Å². The molecule has 1 amide bonds. The van der Waals surface area contributed by atoms with E-state index < -0.39 is 0 Å². The molecule has 3 fully saturated rings. The fourth-order valence-electron chi connectivity index (χ4n) is 2.61. The van der Waals surface area contributed by atoms with E-state index in [1.165, 1.54) is 19.3 Å². The van der Waals surface area contributed by atoms with Crippen LogP contribution in [0.2, 0.25) is 0 Å². The topological polar surface area (TPSA) is 29.1 Å². The average molecular weight is 151 g/mol. The predicted octanol–water partition coefficient (Wildman–Crippen LogP) is 1.21. The SMILES string of the molecule is O=C1NC2(CC2)CC12CCC2. The smallest absolute Gasteiger partial charge is 0.226 e. The Balaban J connectivity index is 1.91. The summed E-state index contributed by atoms with van der Waals surface area (Å²) in [6.45, 7) is 0. The summed E-state index contributed by atoms with van der Waals surface area (Å²) in [5, 5.41) is 3.16. The van der Waals surface area contributed by atoms with Gasteiger partial charge in [-0.2, -0.15) is 0 Å². The summed E-state index contributed by atoms with van der Waals surface area (Å²) < 4.78 is 0. The summed E-state index contributed by atoms with van der Waals surface area (Å²) in [5.74, 6) is 0.362. The van der Waals surface area contributed by atoms with E-state index in [0.29, 0.717) is 11.4 Å². The molecule has 1 heterocycles. The second-order valence-corrected chi connectivity index (χ2v) is 4.55. The summed E-state index contributed by atoms with van der Waals surface area (Å²) in [7, 11) is 0. The van der Waals surface area contributed by atoms with Crippen LogP contribution in [0.15, 0.2) is 0 Å². The van der Waals surface area contributed by atoms with Gasteiger partial charge in [0.15, 0.2) is 0 Å². The van der Waals surface area contributed by atoms with E-state index in [1.54, 1.807) is 0 Å². The molecule has 2 saturated carbocycles. The third-order valence-electron chi connectivity index (χ3n) is 3.70. The first-order valence-corrected chi connectivity index (χ1v) is 4.58. The number of rotatable bonds is 0. The van der Waals surface area contributed by atoms with Crippen molar-refractivity contribution in [3.63, 3.8) is 0 Å². The lowest BCUT2D eigenvalue weighted by Gasteiger charge is -2.35. The zero-order valence-electron chi connectivity index (χ0n) is 6.65. The van der Waals surface area contributed by atoms with Crippen molar-refractivity contribution in [3.05, 3.63) is 0 Å². The lowest BCUT2D eigenvalue weighted by atomic mass is 9.67. The Morgan fingerprint density at radius 3 is 2.18 bits per heavy atom. The first-order chi connectivity index (χ1) is 5.25. The predicted molar refractivity (Wildman–Crippen MR) is 41.0 cm³/mol. The van der Waals surface area contributed by atoms with Gasteiger partial charge in [0.05, 0.1) is 5.41 Å². The molecule has 11 heavy (non-hydrogen) atoms. The van der Waals surface area contributed by atoms with Gasteiger partial charge in [0.1, 0.15) is 0 Å². The van der Waals surface area contributed by atoms with Crippen LogP contribution in [0.25, 0.3) is 0 Å².